The van der Waals surface area contributed by atoms with E-state index in [-0.39, 0.29) is 5.91 Å². The third kappa shape index (κ3) is 2.96. The molecule has 1 aliphatic rings. The second-order valence-corrected chi connectivity index (χ2v) is 6.06. The molecule has 124 valence electrons. The third-order valence-corrected chi connectivity index (χ3v) is 4.43. The van der Waals surface area contributed by atoms with Gasteiger partial charge in [0.15, 0.2) is 0 Å². The predicted molar refractivity (Wildman–Crippen MR) is 98.3 cm³/mol. The molecule has 0 radical (unpaired) electrons. The van der Waals surface area contributed by atoms with E-state index in [2.05, 4.69) is 21.4 Å². The lowest BCUT2D eigenvalue weighted by Crippen LogP contribution is -2.29. The van der Waals surface area contributed by atoms with E-state index < -0.39 is 0 Å². The molecule has 0 spiro atoms. The number of para-hydroxylation sites is 2. The van der Waals surface area contributed by atoms with E-state index in [1.54, 1.807) is 11.0 Å². The zero-order valence-corrected chi connectivity index (χ0v) is 13.9. The first-order chi connectivity index (χ1) is 12.2. The Morgan fingerprint density at radius 1 is 1.08 bits per heavy atom. The maximum atomic E-state index is 12.9. The van der Waals surface area contributed by atoms with Crippen molar-refractivity contribution in [2.24, 2.45) is 0 Å². The van der Waals surface area contributed by atoms with Gasteiger partial charge in [-0.3, -0.25) is 4.79 Å². The average molecular weight is 330 g/mol. The van der Waals surface area contributed by atoms with Crippen LogP contribution in [0.2, 0.25) is 0 Å². The lowest BCUT2D eigenvalue weighted by atomic mass is 10.2. The molecule has 5 heteroatoms. The minimum Gasteiger partial charge on any atom is -0.340 e. The summed E-state index contributed by atoms with van der Waals surface area (Å²) in [5, 5.41) is 3.26. The van der Waals surface area contributed by atoms with Crippen LogP contribution in [0.1, 0.15) is 21.6 Å². The summed E-state index contributed by atoms with van der Waals surface area (Å²) in [5.74, 6) is 0.514. The van der Waals surface area contributed by atoms with Gasteiger partial charge in [0.2, 0.25) is 0 Å². The van der Waals surface area contributed by atoms with E-state index in [4.69, 9.17) is 0 Å². The smallest absolute Gasteiger partial charge is 0.277 e. The van der Waals surface area contributed by atoms with Crippen LogP contribution in [0.25, 0.3) is 0 Å². The van der Waals surface area contributed by atoms with Crippen LogP contribution in [0.5, 0.6) is 0 Å². The summed E-state index contributed by atoms with van der Waals surface area (Å²) < 4.78 is 0. The molecule has 1 N–H and O–H groups in total. The second-order valence-electron chi connectivity index (χ2n) is 6.06. The van der Waals surface area contributed by atoms with Crippen LogP contribution in [0.15, 0.2) is 60.9 Å². The number of carbonyl (C=O) groups is 1. The summed E-state index contributed by atoms with van der Waals surface area (Å²) in [6.45, 7) is 2.71. The molecule has 0 fully saturated rings. The molecule has 2 aromatic carbocycles. The fourth-order valence-corrected chi connectivity index (χ4v) is 3.08. The quantitative estimate of drug-likeness (QED) is 0.795. The summed E-state index contributed by atoms with van der Waals surface area (Å²) in [6, 6.07) is 17.7. The molecule has 4 rings (SSSR count). The number of hydrogen-bond donors (Lipinski definition) is 1. The van der Waals surface area contributed by atoms with Crippen LogP contribution in [-0.2, 0) is 6.42 Å². The number of aromatic nitrogens is 2. The molecule has 0 saturated heterocycles. The van der Waals surface area contributed by atoms with Crippen molar-refractivity contribution in [2.45, 2.75) is 13.3 Å². The summed E-state index contributed by atoms with van der Waals surface area (Å²) in [6.07, 6.45) is 2.30. The first kappa shape index (κ1) is 15.3. The fraction of sp³-hybridized carbons (Fsp3) is 0.150. The summed E-state index contributed by atoms with van der Waals surface area (Å²) in [5.41, 5.74) is 4.64. The number of nitrogens with one attached hydrogen (secondary N) is 1. The largest absolute Gasteiger partial charge is 0.340 e. The Balaban J connectivity index is 1.60. The number of amides is 1. The minimum absolute atomic E-state index is 0.0971. The van der Waals surface area contributed by atoms with E-state index in [0.717, 1.165) is 23.4 Å². The highest BCUT2D eigenvalue weighted by Crippen LogP contribution is 2.29. The summed E-state index contributed by atoms with van der Waals surface area (Å²) in [4.78, 5) is 23.1. The number of fused-ring (bicyclic) bond motifs is 1. The summed E-state index contributed by atoms with van der Waals surface area (Å²) in [7, 11) is 0. The Hall–Kier alpha value is -3.21. The average Bonchev–Trinajstić information content (AvgIpc) is 3.07. The highest BCUT2D eigenvalue weighted by atomic mass is 16.2. The van der Waals surface area contributed by atoms with Gasteiger partial charge in [-0.15, -0.1) is 0 Å². The summed E-state index contributed by atoms with van der Waals surface area (Å²) >= 11 is 0. The lowest BCUT2D eigenvalue weighted by molar-refractivity contribution is 0.0984. The van der Waals surface area contributed by atoms with Gasteiger partial charge in [-0.1, -0.05) is 36.4 Å². The van der Waals surface area contributed by atoms with Crippen molar-refractivity contribution in [3.05, 3.63) is 77.7 Å². The van der Waals surface area contributed by atoms with E-state index in [1.165, 1.54) is 11.9 Å². The van der Waals surface area contributed by atoms with Crippen molar-refractivity contribution in [2.75, 3.05) is 16.8 Å². The number of benzene rings is 2. The number of nitrogens with zero attached hydrogens (tertiary/aromatic N) is 3. The van der Waals surface area contributed by atoms with Crippen molar-refractivity contribution < 1.29 is 4.79 Å². The molecular formula is C20H18N4O. The molecule has 0 unspecified atom stereocenters. The molecule has 2 heterocycles. The van der Waals surface area contributed by atoms with Gasteiger partial charge in [0.1, 0.15) is 17.8 Å². The number of hydrogen-bond acceptors (Lipinski definition) is 4. The van der Waals surface area contributed by atoms with Crippen LogP contribution in [-0.4, -0.2) is 22.4 Å². The van der Waals surface area contributed by atoms with E-state index in [9.17, 15) is 4.79 Å². The van der Waals surface area contributed by atoms with Gasteiger partial charge in [0, 0.05) is 24.0 Å². The van der Waals surface area contributed by atoms with E-state index >= 15 is 0 Å². The standard InChI is InChI=1S/C20H18N4O/c1-14-6-2-4-8-16(14)23-19-12-17(21-13-22-19)20(25)24-11-10-15-7-3-5-9-18(15)24/h2-9,12-13H,10-11H2,1H3,(H,21,22,23). The normalized spacial score (nSPS) is 12.8. The first-order valence-corrected chi connectivity index (χ1v) is 8.27. The van der Waals surface area contributed by atoms with Crippen molar-refractivity contribution >= 4 is 23.1 Å². The van der Waals surface area contributed by atoms with Gasteiger partial charge in [0.05, 0.1) is 0 Å². The Kier molecular flexibility index (Phi) is 3.90. The number of carbonyl (C=O) groups excluding carboxylic acids is 1. The Morgan fingerprint density at radius 3 is 2.76 bits per heavy atom. The molecule has 25 heavy (non-hydrogen) atoms. The fourth-order valence-electron chi connectivity index (χ4n) is 3.08. The Bertz CT molecular complexity index is 938. The maximum absolute atomic E-state index is 12.9. The van der Waals surface area contributed by atoms with Gasteiger partial charge in [-0.2, -0.15) is 0 Å². The number of rotatable bonds is 3. The highest BCUT2D eigenvalue weighted by Gasteiger charge is 2.26. The van der Waals surface area contributed by atoms with Crippen LogP contribution in [0.4, 0.5) is 17.2 Å². The van der Waals surface area contributed by atoms with Gasteiger partial charge >= 0.3 is 0 Å². The SMILES string of the molecule is Cc1ccccc1Nc1cc(C(=O)N2CCc3ccccc32)ncn1. The van der Waals surface area contributed by atoms with E-state index in [1.807, 2.05) is 49.4 Å². The molecule has 1 aliphatic heterocycles. The van der Waals surface area contributed by atoms with Gasteiger partial charge < -0.3 is 10.2 Å². The molecular weight excluding hydrogens is 312 g/mol. The van der Waals surface area contributed by atoms with Crippen molar-refractivity contribution in [1.82, 2.24) is 9.97 Å². The van der Waals surface area contributed by atoms with Crippen LogP contribution < -0.4 is 10.2 Å². The molecule has 0 aliphatic carbocycles. The van der Waals surface area contributed by atoms with E-state index in [0.29, 0.717) is 18.1 Å². The third-order valence-electron chi connectivity index (χ3n) is 4.43. The Labute approximate surface area is 146 Å². The van der Waals surface area contributed by atoms with Crippen molar-refractivity contribution in [3.63, 3.8) is 0 Å². The number of anilines is 3. The first-order valence-electron chi connectivity index (χ1n) is 8.27. The monoisotopic (exact) mass is 330 g/mol. The predicted octanol–water partition coefficient (Wildman–Crippen LogP) is 3.73. The Morgan fingerprint density at radius 2 is 1.88 bits per heavy atom. The molecule has 3 aromatic rings. The molecule has 0 bridgehead atoms. The van der Waals surface area contributed by atoms with Gasteiger partial charge in [0.25, 0.3) is 5.91 Å². The van der Waals surface area contributed by atoms with Crippen molar-refractivity contribution in [3.8, 4) is 0 Å². The van der Waals surface area contributed by atoms with Crippen LogP contribution >= 0.6 is 0 Å². The maximum Gasteiger partial charge on any atom is 0.277 e. The molecule has 1 aromatic heterocycles. The topological polar surface area (TPSA) is 58.1 Å². The molecule has 1 amide bonds. The zero-order chi connectivity index (χ0) is 17.2. The van der Waals surface area contributed by atoms with Crippen LogP contribution in [0.3, 0.4) is 0 Å². The number of aryl methyl sites for hydroxylation is 1. The van der Waals surface area contributed by atoms with Gasteiger partial charge in [-0.05, 0) is 36.6 Å². The molecule has 0 saturated carbocycles. The van der Waals surface area contributed by atoms with Crippen LogP contribution in [0, 0.1) is 6.92 Å². The van der Waals surface area contributed by atoms with Crippen molar-refractivity contribution in [1.29, 1.82) is 0 Å². The molecule has 5 nitrogen and oxygen atoms in total. The molecule has 0 atom stereocenters. The minimum atomic E-state index is -0.0971. The lowest BCUT2D eigenvalue weighted by Gasteiger charge is -2.17. The highest BCUT2D eigenvalue weighted by molar-refractivity contribution is 6.06. The second kappa shape index (κ2) is 6.36. The zero-order valence-electron chi connectivity index (χ0n) is 13.9. The van der Waals surface area contributed by atoms with Gasteiger partial charge in [-0.25, -0.2) is 9.97 Å².